The molecule has 4 rings (SSSR count). The summed E-state index contributed by atoms with van der Waals surface area (Å²) in [6.07, 6.45) is 2.02. The minimum atomic E-state index is -0.247. The van der Waals surface area contributed by atoms with E-state index in [-0.39, 0.29) is 11.8 Å². The molecule has 0 spiro atoms. The Bertz CT molecular complexity index is 1220. The fourth-order valence-corrected chi connectivity index (χ4v) is 3.97. The van der Waals surface area contributed by atoms with Crippen LogP contribution in [-0.2, 0) is 0 Å². The third kappa shape index (κ3) is 4.12. The van der Waals surface area contributed by atoms with Crippen LogP contribution in [0.15, 0.2) is 72.9 Å². The smallest absolute Gasteiger partial charge is 0.255 e. The number of fused-ring (bicyclic) bond motifs is 1. The van der Waals surface area contributed by atoms with Crippen LogP contribution < -0.4 is 19.5 Å². The first-order valence-electron chi connectivity index (χ1n) is 10.4. The molecule has 3 aromatic carbocycles. The average Bonchev–Trinajstić information content (AvgIpc) is 3.27. The van der Waals surface area contributed by atoms with Crippen molar-refractivity contribution in [3.8, 4) is 17.2 Å². The number of amides is 1. The second-order valence-electron chi connectivity index (χ2n) is 7.37. The Hall–Kier alpha value is -3.93. The van der Waals surface area contributed by atoms with Crippen LogP contribution in [0.3, 0.4) is 0 Å². The molecule has 0 aliphatic carbocycles. The molecule has 0 aliphatic heterocycles. The highest BCUT2D eigenvalue weighted by molar-refractivity contribution is 5.98. The Kier molecular flexibility index (Phi) is 6.31. The number of para-hydroxylation sites is 1. The number of ether oxygens (including phenoxy) is 3. The second kappa shape index (κ2) is 9.47. The maximum atomic E-state index is 13.2. The molecule has 1 heterocycles. The van der Waals surface area contributed by atoms with Crippen molar-refractivity contribution < 1.29 is 19.0 Å². The first-order valence-corrected chi connectivity index (χ1v) is 10.4. The largest absolute Gasteiger partial charge is 0.496 e. The van der Waals surface area contributed by atoms with Gasteiger partial charge in [0.05, 0.1) is 26.9 Å². The molecule has 0 fully saturated rings. The molecule has 32 heavy (non-hydrogen) atoms. The summed E-state index contributed by atoms with van der Waals surface area (Å²) in [6, 6.07) is 21.6. The summed E-state index contributed by atoms with van der Waals surface area (Å²) in [6.45, 7) is 0.419. The molecule has 6 nitrogen and oxygen atoms in total. The van der Waals surface area contributed by atoms with Gasteiger partial charge in [0.1, 0.15) is 5.75 Å². The van der Waals surface area contributed by atoms with Crippen LogP contribution in [0.2, 0.25) is 0 Å². The van der Waals surface area contributed by atoms with E-state index >= 15 is 0 Å². The molecule has 2 N–H and O–H groups in total. The molecule has 6 heteroatoms. The van der Waals surface area contributed by atoms with Gasteiger partial charge in [0.2, 0.25) is 0 Å². The molecule has 0 saturated carbocycles. The van der Waals surface area contributed by atoms with Gasteiger partial charge in [0, 0.05) is 41.7 Å². The lowest BCUT2D eigenvalue weighted by Crippen LogP contribution is -2.29. The fraction of sp³-hybridized carbons (Fsp3) is 0.192. The third-order valence-corrected chi connectivity index (χ3v) is 5.62. The normalized spacial score (nSPS) is 11.7. The molecule has 1 amide bonds. The number of carbonyl (C=O) groups excluding carboxylic acids is 1. The number of hydrogen-bond acceptors (Lipinski definition) is 4. The van der Waals surface area contributed by atoms with E-state index in [1.54, 1.807) is 19.2 Å². The van der Waals surface area contributed by atoms with Crippen LogP contribution in [0.5, 0.6) is 17.2 Å². The topological polar surface area (TPSA) is 72.6 Å². The Morgan fingerprint density at radius 1 is 0.875 bits per heavy atom. The Morgan fingerprint density at radius 2 is 1.53 bits per heavy atom. The zero-order valence-electron chi connectivity index (χ0n) is 18.3. The van der Waals surface area contributed by atoms with Crippen LogP contribution in [0.25, 0.3) is 10.9 Å². The van der Waals surface area contributed by atoms with Crippen molar-refractivity contribution in [2.45, 2.75) is 5.92 Å². The van der Waals surface area contributed by atoms with Crippen LogP contribution >= 0.6 is 0 Å². The van der Waals surface area contributed by atoms with E-state index < -0.39 is 0 Å². The number of methoxy groups -OCH3 is 3. The van der Waals surface area contributed by atoms with Crippen molar-refractivity contribution >= 4 is 16.8 Å². The fourth-order valence-electron chi connectivity index (χ4n) is 3.97. The Morgan fingerprint density at radius 3 is 2.25 bits per heavy atom. The highest BCUT2D eigenvalue weighted by Gasteiger charge is 2.22. The standard InChI is InChI=1S/C26H26N2O4/c1-30-23-14-25(32-3)24(31-2)13-19(23)26(29)28-15-20(17-9-5-4-6-10-17)21-16-27-22-12-8-7-11-18(21)22/h4-14,16,20,27H,15H2,1-3H3,(H,28,29). The predicted molar refractivity (Wildman–Crippen MR) is 125 cm³/mol. The van der Waals surface area contributed by atoms with Gasteiger partial charge in [0.25, 0.3) is 5.91 Å². The monoisotopic (exact) mass is 430 g/mol. The van der Waals surface area contributed by atoms with E-state index in [2.05, 4.69) is 28.5 Å². The number of aromatic amines is 1. The summed E-state index contributed by atoms with van der Waals surface area (Å²) < 4.78 is 16.1. The molecular formula is C26H26N2O4. The highest BCUT2D eigenvalue weighted by Crippen LogP contribution is 2.35. The molecule has 1 atom stereocenters. The number of nitrogens with one attached hydrogen (secondary N) is 2. The van der Waals surface area contributed by atoms with Gasteiger partial charge in [-0.15, -0.1) is 0 Å². The molecule has 0 saturated heterocycles. The first-order chi connectivity index (χ1) is 15.7. The Balaban J connectivity index is 1.65. The van der Waals surface area contributed by atoms with E-state index in [4.69, 9.17) is 14.2 Å². The molecule has 4 aromatic rings. The molecule has 0 aliphatic rings. The van der Waals surface area contributed by atoms with Gasteiger partial charge < -0.3 is 24.5 Å². The molecule has 1 unspecified atom stereocenters. The summed E-state index contributed by atoms with van der Waals surface area (Å²) in [4.78, 5) is 16.5. The second-order valence-corrected chi connectivity index (χ2v) is 7.37. The minimum Gasteiger partial charge on any atom is -0.496 e. The van der Waals surface area contributed by atoms with Crippen molar-refractivity contribution in [2.75, 3.05) is 27.9 Å². The average molecular weight is 431 g/mol. The molecule has 164 valence electrons. The lowest BCUT2D eigenvalue weighted by molar-refractivity contribution is 0.0949. The lowest BCUT2D eigenvalue weighted by atomic mass is 9.91. The number of benzene rings is 3. The minimum absolute atomic E-state index is 0.0255. The molecule has 1 aromatic heterocycles. The van der Waals surface area contributed by atoms with E-state index in [1.807, 2.05) is 42.6 Å². The van der Waals surface area contributed by atoms with Crippen molar-refractivity contribution in [1.82, 2.24) is 10.3 Å². The third-order valence-electron chi connectivity index (χ3n) is 5.62. The number of hydrogen-bond donors (Lipinski definition) is 2. The zero-order valence-corrected chi connectivity index (χ0v) is 18.3. The number of H-pyrrole nitrogens is 1. The number of rotatable bonds is 8. The maximum absolute atomic E-state index is 13.2. The van der Waals surface area contributed by atoms with E-state index in [9.17, 15) is 4.79 Å². The lowest BCUT2D eigenvalue weighted by Gasteiger charge is -2.19. The summed E-state index contributed by atoms with van der Waals surface area (Å²) in [5.41, 5.74) is 3.70. The van der Waals surface area contributed by atoms with Crippen LogP contribution in [-0.4, -0.2) is 38.8 Å². The van der Waals surface area contributed by atoms with Gasteiger partial charge in [0.15, 0.2) is 11.5 Å². The maximum Gasteiger partial charge on any atom is 0.255 e. The highest BCUT2D eigenvalue weighted by atomic mass is 16.5. The van der Waals surface area contributed by atoms with Crippen molar-refractivity contribution in [3.63, 3.8) is 0 Å². The summed E-state index contributed by atoms with van der Waals surface area (Å²) in [5.74, 6) is 1.12. The van der Waals surface area contributed by atoms with Crippen molar-refractivity contribution in [2.24, 2.45) is 0 Å². The zero-order chi connectivity index (χ0) is 22.5. The van der Waals surface area contributed by atoms with Crippen molar-refractivity contribution in [1.29, 1.82) is 0 Å². The van der Waals surface area contributed by atoms with Crippen LogP contribution in [0, 0.1) is 0 Å². The van der Waals surface area contributed by atoms with Crippen LogP contribution in [0.4, 0.5) is 0 Å². The number of aromatic nitrogens is 1. The quantitative estimate of drug-likeness (QED) is 0.423. The number of carbonyl (C=O) groups is 1. The van der Waals surface area contributed by atoms with E-state index in [0.29, 0.717) is 29.4 Å². The summed E-state index contributed by atoms with van der Waals surface area (Å²) in [7, 11) is 4.61. The van der Waals surface area contributed by atoms with E-state index in [0.717, 1.165) is 22.0 Å². The van der Waals surface area contributed by atoms with Gasteiger partial charge in [-0.25, -0.2) is 0 Å². The van der Waals surface area contributed by atoms with Gasteiger partial charge in [-0.3, -0.25) is 4.79 Å². The van der Waals surface area contributed by atoms with Gasteiger partial charge in [-0.2, -0.15) is 0 Å². The SMILES string of the molecule is COc1cc(OC)c(C(=O)NCC(c2ccccc2)c2c[nH]c3ccccc23)cc1OC. The summed E-state index contributed by atoms with van der Waals surface area (Å²) >= 11 is 0. The van der Waals surface area contributed by atoms with Gasteiger partial charge >= 0.3 is 0 Å². The van der Waals surface area contributed by atoms with Crippen LogP contribution in [0.1, 0.15) is 27.4 Å². The van der Waals surface area contributed by atoms with Crippen molar-refractivity contribution in [3.05, 3.63) is 89.6 Å². The van der Waals surface area contributed by atoms with E-state index in [1.165, 1.54) is 14.2 Å². The molecule has 0 radical (unpaired) electrons. The van der Waals surface area contributed by atoms with Gasteiger partial charge in [-0.1, -0.05) is 48.5 Å². The van der Waals surface area contributed by atoms with Gasteiger partial charge in [-0.05, 0) is 17.2 Å². The molecular weight excluding hydrogens is 404 g/mol. The Labute approximate surface area is 187 Å². The predicted octanol–water partition coefficient (Wildman–Crippen LogP) is 4.76. The summed E-state index contributed by atoms with van der Waals surface area (Å²) in [5, 5.41) is 4.22. The molecule has 0 bridgehead atoms. The first kappa shape index (κ1) is 21.3.